The molecule has 0 aliphatic heterocycles. The maximum Gasteiger partial charge on any atom is 0.162 e. The molecule has 0 heterocycles. The monoisotopic (exact) mass is 523 g/mol. The molecule has 4 bridgehead atoms. The number of nitrogens with one attached hydrogen (secondary N) is 1. The molecule has 0 aromatic heterocycles. The first-order valence-corrected chi connectivity index (χ1v) is 12.7. The van der Waals surface area contributed by atoms with Gasteiger partial charge in [0.1, 0.15) is 6.61 Å². The van der Waals surface area contributed by atoms with E-state index >= 15 is 0 Å². The Kier molecular flexibility index (Phi) is 6.44. The summed E-state index contributed by atoms with van der Waals surface area (Å²) in [7, 11) is 1.67. The zero-order valence-corrected chi connectivity index (χ0v) is 20.8. The first-order chi connectivity index (χ1) is 15.0. The average molecular weight is 525 g/mol. The van der Waals surface area contributed by atoms with Crippen molar-refractivity contribution in [2.24, 2.45) is 23.7 Å². The first-order valence-electron chi connectivity index (χ1n) is 11.2. The van der Waals surface area contributed by atoms with Crippen molar-refractivity contribution in [3.8, 4) is 11.5 Å². The average Bonchev–Trinajstić information content (AvgIpc) is 2.73. The summed E-state index contributed by atoms with van der Waals surface area (Å²) in [6.07, 6.45) is 7.18. The normalized spacial score (nSPS) is 28.7. The van der Waals surface area contributed by atoms with E-state index in [1.54, 1.807) is 7.11 Å². The maximum absolute atomic E-state index is 6.28. The molecule has 4 aliphatic rings. The Hall–Kier alpha value is -0.940. The highest BCUT2D eigenvalue weighted by molar-refractivity contribution is 9.10. The largest absolute Gasteiger partial charge is 0.493 e. The lowest BCUT2D eigenvalue weighted by atomic mass is 9.54. The van der Waals surface area contributed by atoms with E-state index in [1.165, 1.54) is 37.7 Å². The minimum absolute atomic E-state index is 0.284. The Balaban J connectivity index is 1.27. The molecule has 31 heavy (non-hydrogen) atoms. The van der Waals surface area contributed by atoms with Crippen molar-refractivity contribution in [1.82, 2.24) is 5.32 Å². The van der Waals surface area contributed by atoms with Gasteiger partial charge in [-0.1, -0.05) is 45.2 Å². The zero-order chi connectivity index (χ0) is 21.5. The van der Waals surface area contributed by atoms with E-state index in [1.807, 2.05) is 24.3 Å². The summed E-state index contributed by atoms with van der Waals surface area (Å²) < 4.78 is 12.7. The second-order valence-corrected chi connectivity index (χ2v) is 11.1. The molecule has 3 nitrogen and oxygen atoms in total. The van der Waals surface area contributed by atoms with Gasteiger partial charge in [-0.15, -0.1) is 0 Å². The molecule has 0 radical (unpaired) electrons. The van der Waals surface area contributed by atoms with E-state index in [2.05, 4.69) is 27.3 Å². The van der Waals surface area contributed by atoms with Crippen LogP contribution in [0.3, 0.4) is 0 Å². The van der Waals surface area contributed by atoms with Crippen molar-refractivity contribution in [3.63, 3.8) is 0 Å². The van der Waals surface area contributed by atoms with Crippen LogP contribution in [0, 0.1) is 23.7 Å². The van der Waals surface area contributed by atoms with E-state index in [0.717, 1.165) is 40.3 Å². The molecule has 0 atom stereocenters. The van der Waals surface area contributed by atoms with Crippen LogP contribution in [0.2, 0.25) is 10.0 Å². The molecular formula is C25H28BrCl2NO2. The second-order valence-electron chi connectivity index (χ2n) is 9.42. The number of hydrogen-bond donors (Lipinski definition) is 1. The van der Waals surface area contributed by atoms with Gasteiger partial charge < -0.3 is 14.8 Å². The van der Waals surface area contributed by atoms with E-state index < -0.39 is 0 Å². The summed E-state index contributed by atoms with van der Waals surface area (Å²) in [6, 6.07) is 10.2. The topological polar surface area (TPSA) is 30.5 Å². The molecule has 2 aromatic carbocycles. The van der Waals surface area contributed by atoms with Crippen LogP contribution < -0.4 is 14.8 Å². The lowest BCUT2D eigenvalue weighted by Gasteiger charge is -2.54. The van der Waals surface area contributed by atoms with Gasteiger partial charge in [0.2, 0.25) is 0 Å². The van der Waals surface area contributed by atoms with Gasteiger partial charge in [-0.25, -0.2) is 0 Å². The Morgan fingerprint density at radius 1 is 0.968 bits per heavy atom. The molecular weight excluding hydrogens is 497 g/mol. The molecule has 0 unspecified atom stereocenters. The number of halogens is 3. The maximum atomic E-state index is 6.28. The lowest BCUT2D eigenvalue weighted by Crippen LogP contribution is -2.54. The quantitative estimate of drug-likeness (QED) is 0.413. The number of hydrogen-bond acceptors (Lipinski definition) is 3. The molecule has 2 aromatic rings. The summed E-state index contributed by atoms with van der Waals surface area (Å²) in [4.78, 5) is 0. The first kappa shape index (κ1) is 21.9. The van der Waals surface area contributed by atoms with Crippen LogP contribution in [0.5, 0.6) is 11.5 Å². The highest BCUT2D eigenvalue weighted by Crippen LogP contribution is 2.53. The van der Waals surface area contributed by atoms with E-state index in [4.69, 9.17) is 32.7 Å². The van der Waals surface area contributed by atoms with Gasteiger partial charge >= 0.3 is 0 Å². The van der Waals surface area contributed by atoms with Crippen LogP contribution in [0.4, 0.5) is 0 Å². The van der Waals surface area contributed by atoms with Gasteiger partial charge in [0, 0.05) is 32.7 Å². The van der Waals surface area contributed by atoms with Gasteiger partial charge in [0.15, 0.2) is 11.5 Å². The van der Waals surface area contributed by atoms with Crippen molar-refractivity contribution in [1.29, 1.82) is 0 Å². The van der Waals surface area contributed by atoms with Gasteiger partial charge in [-0.05, 0) is 85.6 Å². The third-order valence-corrected chi connectivity index (χ3v) is 8.97. The van der Waals surface area contributed by atoms with E-state index in [-0.39, 0.29) is 6.61 Å². The molecule has 0 spiro atoms. The van der Waals surface area contributed by atoms with Crippen LogP contribution in [0.25, 0.3) is 0 Å². The van der Waals surface area contributed by atoms with Crippen molar-refractivity contribution in [2.45, 2.75) is 51.3 Å². The fourth-order valence-electron chi connectivity index (χ4n) is 6.29. The van der Waals surface area contributed by atoms with Crippen molar-refractivity contribution < 1.29 is 9.47 Å². The summed E-state index contributed by atoms with van der Waals surface area (Å²) in [6.45, 7) is 1.12. The molecule has 0 saturated heterocycles. The summed E-state index contributed by atoms with van der Waals surface area (Å²) in [5.41, 5.74) is 1.96. The summed E-state index contributed by atoms with van der Waals surface area (Å²) in [5.74, 6) is 5.10. The molecule has 4 aliphatic carbocycles. The van der Waals surface area contributed by atoms with Crippen LogP contribution in [-0.2, 0) is 13.2 Å². The van der Waals surface area contributed by atoms with Gasteiger partial charge in [0.05, 0.1) is 7.11 Å². The fourth-order valence-corrected chi connectivity index (χ4v) is 7.26. The number of ether oxygens (including phenoxy) is 2. The Bertz CT molecular complexity index is 919. The number of benzene rings is 2. The van der Waals surface area contributed by atoms with E-state index in [9.17, 15) is 0 Å². The third kappa shape index (κ3) is 4.46. The molecule has 4 saturated carbocycles. The smallest absolute Gasteiger partial charge is 0.162 e. The SMILES string of the molecule is COc1cc(CNC2C3CC4CC(C3)CC2C4)c(Br)cc1OCc1c(Cl)cccc1Cl. The molecule has 4 fully saturated rings. The van der Waals surface area contributed by atoms with Crippen LogP contribution in [0.1, 0.15) is 43.2 Å². The highest BCUT2D eigenvalue weighted by Gasteiger charge is 2.47. The van der Waals surface area contributed by atoms with Crippen molar-refractivity contribution >= 4 is 39.1 Å². The molecule has 166 valence electrons. The van der Waals surface area contributed by atoms with Gasteiger partial charge in [-0.3, -0.25) is 0 Å². The molecule has 6 heteroatoms. The van der Waals surface area contributed by atoms with Crippen LogP contribution in [-0.4, -0.2) is 13.2 Å². The predicted molar refractivity (Wildman–Crippen MR) is 129 cm³/mol. The number of methoxy groups -OCH3 is 1. The van der Waals surface area contributed by atoms with Crippen molar-refractivity contribution in [2.75, 3.05) is 7.11 Å². The van der Waals surface area contributed by atoms with Crippen molar-refractivity contribution in [3.05, 3.63) is 56.0 Å². The third-order valence-electron chi connectivity index (χ3n) is 7.52. The standard InChI is InChI=1S/C25H28BrCl2NO2/c1-30-23-10-18(12-29-25-16-6-14-5-15(8-16)9-17(25)7-14)20(26)11-24(23)31-13-19-21(27)3-2-4-22(19)28/h2-4,10-11,14-17,25,29H,5-9,12-13H2,1H3. The Morgan fingerprint density at radius 2 is 1.61 bits per heavy atom. The predicted octanol–water partition coefficient (Wildman–Crippen LogP) is 7.26. The van der Waals surface area contributed by atoms with Crippen LogP contribution in [0.15, 0.2) is 34.8 Å². The Labute approximate surface area is 202 Å². The summed E-state index contributed by atoms with van der Waals surface area (Å²) in [5, 5.41) is 5.10. The molecule has 0 amide bonds. The van der Waals surface area contributed by atoms with E-state index in [0.29, 0.717) is 27.6 Å². The highest BCUT2D eigenvalue weighted by atomic mass is 79.9. The minimum atomic E-state index is 0.284. The second kappa shape index (κ2) is 9.13. The molecule has 1 N–H and O–H groups in total. The summed E-state index contributed by atoms with van der Waals surface area (Å²) >= 11 is 16.3. The minimum Gasteiger partial charge on any atom is -0.493 e. The number of rotatable bonds is 7. The zero-order valence-electron chi connectivity index (χ0n) is 17.7. The van der Waals surface area contributed by atoms with Crippen LogP contribution >= 0.6 is 39.1 Å². The Morgan fingerprint density at radius 3 is 2.23 bits per heavy atom. The molecule has 6 rings (SSSR count). The van der Waals surface area contributed by atoms with Gasteiger partial charge in [-0.2, -0.15) is 0 Å². The fraction of sp³-hybridized carbons (Fsp3) is 0.520. The van der Waals surface area contributed by atoms with Gasteiger partial charge in [0.25, 0.3) is 0 Å². The lowest BCUT2D eigenvalue weighted by molar-refractivity contribution is -0.0142.